The molecule has 0 fully saturated rings. The number of hydrogen-bond acceptors (Lipinski definition) is 1. The fourth-order valence-corrected chi connectivity index (χ4v) is 1.94. The molecule has 0 aromatic carbocycles. The molecular formula is C13H25N2O+. The van der Waals surface area contributed by atoms with Crippen LogP contribution >= 0.6 is 0 Å². The molecule has 0 atom stereocenters. The van der Waals surface area contributed by atoms with Crippen LogP contribution in [0.4, 0.5) is 0 Å². The van der Waals surface area contributed by atoms with E-state index in [4.69, 9.17) is 5.11 Å². The number of nitrogens with zero attached hydrogens (tertiary/aromatic N) is 2. The summed E-state index contributed by atoms with van der Waals surface area (Å²) in [5, 5.41) is 8.64. The van der Waals surface area contributed by atoms with Gasteiger partial charge in [-0.1, -0.05) is 19.3 Å². The number of hydrogen-bond donors (Lipinski definition) is 1. The average molecular weight is 225 g/mol. The lowest BCUT2D eigenvalue weighted by Gasteiger charge is -2.00. The van der Waals surface area contributed by atoms with Crippen molar-refractivity contribution in [2.45, 2.75) is 52.0 Å². The molecule has 1 rings (SSSR count). The van der Waals surface area contributed by atoms with E-state index in [1.165, 1.54) is 37.9 Å². The first-order chi connectivity index (χ1) is 7.75. The van der Waals surface area contributed by atoms with Crippen molar-refractivity contribution in [2.75, 3.05) is 6.61 Å². The second kappa shape index (κ2) is 7.44. The average Bonchev–Trinajstić information content (AvgIpc) is 2.59. The molecule has 0 aliphatic heterocycles. The molecule has 3 heteroatoms. The first-order valence-electron chi connectivity index (χ1n) is 6.38. The van der Waals surface area contributed by atoms with E-state index in [2.05, 4.69) is 35.5 Å². The van der Waals surface area contributed by atoms with E-state index in [1.807, 2.05) is 0 Å². The smallest absolute Gasteiger partial charge is 0.253 e. The van der Waals surface area contributed by atoms with Crippen LogP contribution in [0, 0.1) is 6.92 Å². The van der Waals surface area contributed by atoms with Crippen LogP contribution in [-0.2, 0) is 13.6 Å². The predicted molar refractivity (Wildman–Crippen MR) is 65.1 cm³/mol. The molecule has 0 bridgehead atoms. The van der Waals surface area contributed by atoms with E-state index in [0.717, 1.165) is 13.0 Å². The molecule has 3 nitrogen and oxygen atoms in total. The van der Waals surface area contributed by atoms with Gasteiger partial charge in [0.1, 0.15) is 12.4 Å². The van der Waals surface area contributed by atoms with Crippen molar-refractivity contribution in [1.29, 1.82) is 0 Å². The SMILES string of the molecule is Cc1n(CCCCCCCCO)cc[n+]1C. The van der Waals surface area contributed by atoms with Gasteiger partial charge in [0.05, 0.1) is 13.6 Å². The van der Waals surface area contributed by atoms with Crippen molar-refractivity contribution in [1.82, 2.24) is 4.57 Å². The van der Waals surface area contributed by atoms with Crippen LogP contribution in [0.1, 0.15) is 44.3 Å². The van der Waals surface area contributed by atoms with Gasteiger partial charge in [0.15, 0.2) is 0 Å². The number of aryl methyl sites for hydroxylation is 2. The summed E-state index contributed by atoms with van der Waals surface area (Å²) in [5.41, 5.74) is 0. The summed E-state index contributed by atoms with van der Waals surface area (Å²) in [5.74, 6) is 1.32. The molecule has 1 heterocycles. The summed E-state index contributed by atoms with van der Waals surface area (Å²) < 4.78 is 4.47. The van der Waals surface area contributed by atoms with Gasteiger partial charge in [-0.3, -0.25) is 0 Å². The molecule has 16 heavy (non-hydrogen) atoms. The lowest BCUT2D eigenvalue weighted by atomic mass is 10.1. The minimum absolute atomic E-state index is 0.346. The van der Waals surface area contributed by atoms with Gasteiger partial charge in [-0.25, -0.2) is 9.13 Å². The van der Waals surface area contributed by atoms with Crippen molar-refractivity contribution in [2.24, 2.45) is 7.05 Å². The zero-order chi connectivity index (χ0) is 11.8. The molecule has 0 amide bonds. The Morgan fingerprint density at radius 3 is 2.31 bits per heavy atom. The Morgan fingerprint density at radius 2 is 1.75 bits per heavy atom. The molecule has 0 aliphatic carbocycles. The Bertz CT molecular complexity index is 294. The third-order valence-electron chi connectivity index (χ3n) is 3.20. The zero-order valence-corrected chi connectivity index (χ0v) is 10.7. The van der Waals surface area contributed by atoms with Gasteiger partial charge in [0.2, 0.25) is 0 Å². The van der Waals surface area contributed by atoms with Gasteiger partial charge in [0.25, 0.3) is 5.82 Å². The quantitative estimate of drug-likeness (QED) is 0.532. The maximum Gasteiger partial charge on any atom is 0.253 e. The summed E-state index contributed by atoms with van der Waals surface area (Å²) in [6.07, 6.45) is 11.5. The van der Waals surface area contributed by atoms with Gasteiger partial charge in [-0.2, -0.15) is 0 Å². The third kappa shape index (κ3) is 4.35. The number of aliphatic hydroxyl groups is 1. The largest absolute Gasteiger partial charge is 0.396 e. The van der Waals surface area contributed by atoms with Gasteiger partial charge in [-0.05, 0) is 19.3 Å². The Morgan fingerprint density at radius 1 is 1.12 bits per heavy atom. The molecule has 1 N–H and O–H groups in total. The number of unbranched alkanes of at least 4 members (excludes halogenated alkanes) is 5. The van der Waals surface area contributed by atoms with E-state index in [0.29, 0.717) is 6.61 Å². The fraction of sp³-hybridized carbons (Fsp3) is 0.769. The predicted octanol–water partition coefficient (Wildman–Crippen LogP) is 1.95. The normalized spacial score (nSPS) is 10.9. The first-order valence-corrected chi connectivity index (χ1v) is 6.38. The summed E-state index contributed by atoms with van der Waals surface area (Å²) in [6.45, 7) is 3.63. The first kappa shape index (κ1) is 13.2. The van der Waals surface area contributed by atoms with Crippen LogP contribution in [0.15, 0.2) is 12.4 Å². The van der Waals surface area contributed by atoms with Crippen molar-refractivity contribution in [3.8, 4) is 0 Å². The molecule has 0 radical (unpaired) electrons. The van der Waals surface area contributed by atoms with Crippen LogP contribution in [0.5, 0.6) is 0 Å². The number of aromatic nitrogens is 2. The molecule has 0 saturated carbocycles. The van der Waals surface area contributed by atoms with Crippen molar-refractivity contribution >= 4 is 0 Å². The highest BCUT2D eigenvalue weighted by molar-refractivity contribution is 4.78. The van der Waals surface area contributed by atoms with E-state index >= 15 is 0 Å². The molecule has 0 aliphatic rings. The van der Waals surface area contributed by atoms with Gasteiger partial charge < -0.3 is 5.11 Å². The van der Waals surface area contributed by atoms with Gasteiger partial charge >= 0.3 is 0 Å². The van der Waals surface area contributed by atoms with E-state index in [1.54, 1.807) is 0 Å². The van der Waals surface area contributed by atoms with Crippen LogP contribution in [-0.4, -0.2) is 16.3 Å². The monoisotopic (exact) mass is 225 g/mol. The summed E-state index contributed by atoms with van der Waals surface area (Å²) in [6, 6.07) is 0. The Balaban J connectivity index is 2.05. The summed E-state index contributed by atoms with van der Waals surface area (Å²) in [4.78, 5) is 0. The third-order valence-corrected chi connectivity index (χ3v) is 3.20. The Labute approximate surface area is 98.7 Å². The number of rotatable bonds is 8. The van der Waals surface area contributed by atoms with Crippen LogP contribution in [0.3, 0.4) is 0 Å². The maximum atomic E-state index is 8.64. The van der Waals surface area contributed by atoms with Gasteiger partial charge in [0, 0.05) is 13.5 Å². The van der Waals surface area contributed by atoms with Crippen molar-refractivity contribution in [3.05, 3.63) is 18.2 Å². The zero-order valence-electron chi connectivity index (χ0n) is 10.7. The summed E-state index contributed by atoms with van der Waals surface area (Å²) in [7, 11) is 2.08. The molecular weight excluding hydrogens is 200 g/mol. The van der Waals surface area contributed by atoms with E-state index in [-0.39, 0.29) is 0 Å². The van der Waals surface area contributed by atoms with Crippen molar-refractivity contribution < 1.29 is 9.67 Å². The Kier molecular flexibility index (Phi) is 6.16. The molecule has 0 saturated heterocycles. The van der Waals surface area contributed by atoms with E-state index in [9.17, 15) is 0 Å². The number of imidazole rings is 1. The lowest BCUT2D eigenvalue weighted by Crippen LogP contribution is -2.29. The number of aliphatic hydroxyl groups excluding tert-OH is 1. The van der Waals surface area contributed by atoms with Gasteiger partial charge in [-0.15, -0.1) is 0 Å². The fourth-order valence-electron chi connectivity index (χ4n) is 1.94. The highest BCUT2D eigenvalue weighted by Gasteiger charge is 2.07. The lowest BCUT2D eigenvalue weighted by molar-refractivity contribution is -0.677. The molecule has 0 spiro atoms. The summed E-state index contributed by atoms with van der Waals surface area (Å²) >= 11 is 0. The molecule has 0 unspecified atom stereocenters. The maximum absolute atomic E-state index is 8.64. The van der Waals surface area contributed by atoms with Crippen LogP contribution in [0.25, 0.3) is 0 Å². The molecule has 1 aromatic heterocycles. The Hall–Kier alpha value is -0.830. The highest BCUT2D eigenvalue weighted by Crippen LogP contribution is 2.06. The second-order valence-corrected chi connectivity index (χ2v) is 4.49. The highest BCUT2D eigenvalue weighted by atomic mass is 16.2. The second-order valence-electron chi connectivity index (χ2n) is 4.49. The van der Waals surface area contributed by atoms with Crippen LogP contribution in [0.2, 0.25) is 0 Å². The molecule has 1 aromatic rings. The minimum Gasteiger partial charge on any atom is -0.396 e. The molecule has 92 valence electrons. The minimum atomic E-state index is 0.346. The topological polar surface area (TPSA) is 29.0 Å². The van der Waals surface area contributed by atoms with Crippen LogP contribution < -0.4 is 4.57 Å². The standard InChI is InChI=1S/C13H25N2O/c1-13-14(2)10-11-15(13)9-7-5-3-4-6-8-12-16/h10-11,16H,3-9,12H2,1-2H3/q+1. The van der Waals surface area contributed by atoms with E-state index < -0.39 is 0 Å². The van der Waals surface area contributed by atoms with Crippen molar-refractivity contribution in [3.63, 3.8) is 0 Å².